The van der Waals surface area contributed by atoms with Crippen LogP contribution >= 0.6 is 11.6 Å². The Hall–Kier alpha value is -1.80. The third-order valence-electron chi connectivity index (χ3n) is 3.73. The number of nitrogens with one attached hydrogen (secondary N) is 1. The zero-order valence-corrected chi connectivity index (χ0v) is 14.4. The van der Waals surface area contributed by atoms with Crippen molar-refractivity contribution in [3.8, 4) is 0 Å². The fourth-order valence-electron chi connectivity index (χ4n) is 2.51. The van der Waals surface area contributed by atoms with Crippen molar-refractivity contribution in [2.75, 3.05) is 18.6 Å². The summed E-state index contributed by atoms with van der Waals surface area (Å²) in [5.74, 6) is -1.04. The van der Waals surface area contributed by atoms with Crippen molar-refractivity contribution in [3.05, 3.63) is 29.3 Å². The van der Waals surface area contributed by atoms with Crippen LogP contribution in [0.5, 0.6) is 0 Å². The van der Waals surface area contributed by atoms with Gasteiger partial charge in [0.15, 0.2) is 9.84 Å². The Balaban J connectivity index is 2.78. The maximum Gasteiger partial charge on any atom is 0.350 e. The van der Waals surface area contributed by atoms with E-state index in [0.717, 1.165) is 12.0 Å². The summed E-state index contributed by atoms with van der Waals surface area (Å²) < 4.78 is 30.6. The Morgan fingerprint density at radius 2 is 2.00 bits per heavy atom. The number of urea groups is 1. The molecule has 1 atom stereocenters. The number of carbonyl (C=O) groups is 2. The number of nitrogens with zero attached hydrogens (tertiary/aromatic N) is 1. The number of para-hydroxylation sites is 1. The van der Waals surface area contributed by atoms with Gasteiger partial charge in [0.2, 0.25) is 0 Å². The second-order valence-corrected chi connectivity index (χ2v) is 8.43. The molecule has 0 spiro atoms. The molecule has 1 aliphatic heterocycles. The predicted octanol–water partition coefficient (Wildman–Crippen LogP) is 1.56. The van der Waals surface area contributed by atoms with Crippen molar-refractivity contribution in [1.29, 1.82) is 0 Å². The smallest absolute Gasteiger partial charge is 0.350 e. The van der Waals surface area contributed by atoms with Gasteiger partial charge in [-0.15, -0.1) is 0 Å². The molecule has 1 aromatic rings. The maximum absolute atomic E-state index is 12.9. The van der Waals surface area contributed by atoms with Crippen LogP contribution in [0.25, 0.3) is 0 Å². The summed E-state index contributed by atoms with van der Waals surface area (Å²) in [5, 5.41) is 1.66. The van der Waals surface area contributed by atoms with E-state index in [1.165, 1.54) is 26.0 Å². The summed E-state index contributed by atoms with van der Waals surface area (Å²) in [6.45, 7) is 2.46. The van der Waals surface area contributed by atoms with Crippen LogP contribution in [-0.4, -0.2) is 44.2 Å². The summed E-state index contributed by atoms with van der Waals surface area (Å²) in [6, 6.07) is 5.48. The van der Waals surface area contributed by atoms with E-state index in [0.29, 0.717) is 0 Å². The summed E-state index contributed by atoms with van der Waals surface area (Å²) in [7, 11) is -3.01. The van der Waals surface area contributed by atoms with Crippen molar-refractivity contribution in [2.45, 2.75) is 24.0 Å². The van der Waals surface area contributed by atoms with Crippen LogP contribution < -0.4 is 10.2 Å². The Kier molecular flexibility index (Phi) is 4.59. The predicted molar refractivity (Wildman–Crippen MR) is 86.1 cm³/mol. The van der Waals surface area contributed by atoms with Gasteiger partial charge in [0.25, 0.3) is 4.87 Å². The molecule has 1 fully saturated rings. The number of esters is 1. The molecule has 1 heterocycles. The highest BCUT2D eigenvalue weighted by atomic mass is 35.5. The lowest BCUT2D eigenvalue weighted by Crippen LogP contribution is -2.62. The van der Waals surface area contributed by atoms with Gasteiger partial charge in [-0.2, -0.15) is 0 Å². The number of hydrogen-bond acceptors (Lipinski definition) is 5. The van der Waals surface area contributed by atoms with Crippen molar-refractivity contribution in [3.63, 3.8) is 0 Å². The molecule has 0 radical (unpaired) electrons. The van der Waals surface area contributed by atoms with Crippen LogP contribution in [0.2, 0.25) is 5.02 Å². The average Bonchev–Trinajstić information content (AvgIpc) is 2.85. The lowest BCUT2D eigenvalue weighted by molar-refractivity contribution is -0.143. The van der Waals surface area contributed by atoms with Crippen molar-refractivity contribution >= 4 is 39.1 Å². The molecular formula is C14H17ClN2O5S. The topological polar surface area (TPSA) is 92.8 Å². The molecular weight excluding hydrogens is 344 g/mol. The van der Waals surface area contributed by atoms with Crippen LogP contribution in [-0.2, 0) is 19.4 Å². The Morgan fingerprint density at radius 1 is 1.39 bits per heavy atom. The second kappa shape index (κ2) is 6.01. The molecule has 126 valence electrons. The minimum Gasteiger partial charge on any atom is -0.466 e. The normalized spacial score (nSPS) is 21.4. The van der Waals surface area contributed by atoms with Gasteiger partial charge in [0, 0.05) is 0 Å². The SMILES string of the molecule is COC(=O)C1(S(=O)(=O)C(C)C)CNC(=O)N1c1ccccc1Cl. The third kappa shape index (κ3) is 2.46. The number of hydrogen-bond donors (Lipinski definition) is 1. The monoisotopic (exact) mass is 360 g/mol. The number of halogens is 1. The van der Waals surface area contributed by atoms with Crippen molar-refractivity contribution in [2.24, 2.45) is 0 Å². The average molecular weight is 361 g/mol. The lowest BCUT2D eigenvalue weighted by atomic mass is 10.2. The first kappa shape index (κ1) is 17.6. The molecule has 1 aliphatic rings. The van der Waals surface area contributed by atoms with Gasteiger partial charge in [-0.05, 0) is 26.0 Å². The highest BCUT2D eigenvalue weighted by Crippen LogP contribution is 2.39. The van der Waals surface area contributed by atoms with E-state index in [2.05, 4.69) is 5.32 Å². The van der Waals surface area contributed by atoms with Crippen LogP contribution in [0.1, 0.15) is 13.8 Å². The van der Waals surface area contributed by atoms with E-state index in [1.54, 1.807) is 12.1 Å². The minimum atomic E-state index is -4.09. The first-order valence-corrected chi connectivity index (χ1v) is 8.77. The van der Waals surface area contributed by atoms with Crippen molar-refractivity contribution < 1.29 is 22.7 Å². The summed E-state index contributed by atoms with van der Waals surface area (Å²) in [4.78, 5) is 23.4. The van der Waals surface area contributed by atoms with Crippen LogP contribution in [0, 0.1) is 0 Å². The first-order chi connectivity index (χ1) is 10.7. The van der Waals surface area contributed by atoms with Gasteiger partial charge in [0.1, 0.15) is 0 Å². The van der Waals surface area contributed by atoms with Crippen LogP contribution in [0.3, 0.4) is 0 Å². The number of methoxy groups -OCH3 is 1. The Labute approximate surface area is 139 Å². The Morgan fingerprint density at radius 3 is 2.52 bits per heavy atom. The first-order valence-electron chi connectivity index (χ1n) is 6.84. The van der Waals surface area contributed by atoms with Crippen molar-refractivity contribution in [1.82, 2.24) is 5.32 Å². The number of rotatable bonds is 4. The highest BCUT2D eigenvalue weighted by molar-refractivity contribution is 7.94. The molecule has 1 unspecified atom stereocenters. The number of anilines is 1. The molecule has 0 bridgehead atoms. The Bertz CT molecular complexity index is 749. The van der Waals surface area contributed by atoms with Gasteiger partial charge in [-0.1, -0.05) is 23.7 Å². The second-order valence-electron chi connectivity index (χ2n) is 5.32. The van der Waals surface area contributed by atoms with E-state index in [-0.39, 0.29) is 10.7 Å². The molecule has 0 saturated carbocycles. The summed E-state index contributed by atoms with van der Waals surface area (Å²) in [5.41, 5.74) is 0.124. The molecule has 0 aliphatic carbocycles. The number of benzene rings is 1. The molecule has 1 saturated heterocycles. The number of amides is 2. The number of sulfone groups is 1. The molecule has 2 amide bonds. The third-order valence-corrected chi connectivity index (χ3v) is 6.73. The fourth-order valence-corrected chi connectivity index (χ4v) is 4.54. The molecule has 23 heavy (non-hydrogen) atoms. The zero-order valence-electron chi connectivity index (χ0n) is 12.9. The van der Waals surface area contributed by atoms with E-state index in [1.807, 2.05) is 0 Å². The molecule has 9 heteroatoms. The number of ether oxygens (including phenoxy) is 1. The summed E-state index contributed by atoms with van der Waals surface area (Å²) in [6.07, 6.45) is 0. The number of carbonyl (C=O) groups excluding carboxylic acids is 2. The fraction of sp³-hybridized carbons (Fsp3) is 0.429. The van der Waals surface area contributed by atoms with Gasteiger partial charge in [-0.3, -0.25) is 4.90 Å². The standard InChI is InChI=1S/C14H17ClN2O5S/c1-9(2)23(20,21)14(12(18)22-3)8-16-13(19)17(14)11-7-5-4-6-10(11)15/h4-7,9H,8H2,1-3H3,(H,16,19). The van der Waals surface area contributed by atoms with E-state index < -0.39 is 38.5 Å². The van der Waals surface area contributed by atoms with Crippen LogP contribution in [0.15, 0.2) is 24.3 Å². The molecule has 0 aromatic heterocycles. The van der Waals surface area contributed by atoms with E-state index >= 15 is 0 Å². The lowest BCUT2D eigenvalue weighted by Gasteiger charge is -2.35. The van der Waals surface area contributed by atoms with Crippen LogP contribution in [0.4, 0.5) is 10.5 Å². The largest absolute Gasteiger partial charge is 0.466 e. The minimum absolute atomic E-state index is 0.124. The van der Waals surface area contributed by atoms with E-state index in [4.69, 9.17) is 16.3 Å². The van der Waals surface area contributed by atoms with Gasteiger partial charge in [-0.25, -0.2) is 18.0 Å². The van der Waals surface area contributed by atoms with E-state index in [9.17, 15) is 18.0 Å². The molecule has 1 aromatic carbocycles. The summed E-state index contributed by atoms with van der Waals surface area (Å²) >= 11 is 6.11. The zero-order chi connectivity index (χ0) is 17.4. The quantitative estimate of drug-likeness (QED) is 0.822. The van der Waals surface area contributed by atoms with Gasteiger partial charge in [0.05, 0.1) is 29.6 Å². The van der Waals surface area contributed by atoms with Gasteiger partial charge < -0.3 is 10.1 Å². The highest BCUT2D eigenvalue weighted by Gasteiger charge is 2.63. The molecule has 7 nitrogen and oxygen atoms in total. The van der Waals surface area contributed by atoms with Gasteiger partial charge >= 0.3 is 12.0 Å². The molecule has 1 N–H and O–H groups in total. The maximum atomic E-state index is 12.9. The molecule has 2 rings (SSSR count).